The highest BCUT2D eigenvalue weighted by Gasteiger charge is 2.72. The summed E-state index contributed by atoms with van der Waals surface area (Å²) in [5.74, 6) is -0.495. The van der Waals surface area contributed by atoms with Gasteiger partial charge in [0, 0.05) is 0 Å². The van der Waals surface area contributed by atoms with Crippen LogP contribution >= 0.6 is 0 Å². The average Bonchev–Trinajstić information content (AvgIpc) is 3.64. The van der Waals surface area contributed by atoms with E-state index in [2.05, 4.69) is 12.2 Å². The van der Waals surface area contributed by atoms with Gasteiger partial charge in [0.1, 0.15) is 17.4 Å². The molecule has 5 heteroatoms. The third-order valence-corrected chi connectivity index (χ3v) is 7.95. The van der Waals surface area contributed by atoms with Crippen LogP contribution in [0.25, 0.3) is 0 Å². The molecule has 4 aliphatic heterocycles. The fourth-order valence-corrected chi connectivity index (χ4v) is 6.71. The Bertz CT molecular complexity index is 1250. The van der Waals surface area contributed by atoms with Gasteiger partial charge in [-0.3, -0.25) is 9.59 Å². The van der Waals surface area contributed by atoms with Gasteiger partial charge in [0.15, 0.2) is 5.78 Å². The molecule has 0 radical (unpaired) electrons. The van der Waals surface area contributed by atoms with Crippen molar-refractivity contribution in [2.75, 3.05) is 0 Å². The summed E-state index contributed by atoms with van der Waals surface area (Å²) < 4.78 is 12.3. The van der Waals surface area contributed by atoms with Crippen LogP contribution < -0.4 is 0 Å². The summed E-state index contributed by atoms with van der Waals surface area (Å²) in [6, 6.07) is 22.4. The molecule has 3 aromatic rings. The van der Waals surface area contributed by atoms with E-state index >= 15 is 0 Å². The van der Waals surface area contributed by atoms with Crippen LogP contribution in [0.2, 0.25) is 0 Å². The molecular weight excluding hydrogens is 414 g/mol. The fraction of sp³-hybridized carbons (Fsp3) is 0.286. The minimum Gasteiger partial charge on any atom is -0.467 e. The molecule has 7 rings (SSSR count). The van der Waals surface area contributed by atoms with Gasteiger partial charge in [-0.15, -0.1) is 0 Å². The van der Waals surface area contributed by atoms with Crippen molar-refractivity contribution in [3.05, 3.63) is 108 Å². The number of nitrogens with zero attached hydrogens (tertiary/aromatic N) is 1. The number of rotatable bonds is 3. The van der Waals surface area contributed by atoms with Crippen molar-refractivity contribution in [2.24, 2.45) is 5.92 Å². The number of ketones is 1. The maximum Gasteiger partial charge on any atom is 0.230 e. The number of furan rings is 1. The zero-order chi connectivity index (χ0) is 22.2. The Balaban J connectivity index is 1.48. The number of benzene rings is 2. The van der Waals surface area contributed by atoms with Crippen molar-refractivity contribution in [3.63, 3.8) is 0 Å². The number of hydrogen-bond acceptors (Lipinski definition) is 4. The number of ether oxygens (including phenoxy) is 1. The number of fused-ring (bicyclic) bond motifs is 2. The zero-order valence-corrected chi connectivity index (χ0v) is 17.9. The van der Waals surface area contributed by atoms with Gasteiger partial charge in [-0.2, -0.15) is 0 Å². The van der Waals surface area contributed by atoms with Crippen LogP contribution in [-0.4, -0.2) is 34.3 Å². The average molecular weight is 437 g/mol. The van der Waals surface area contributed by atoms with Gasteiger partial charge in [-0.25, -0.2) is 0 Å². The third kappa shape index (κ3) is 2.46. The molecular formula is C28H23NO4. The van der Waals surface area contributed by atoms with Crippen molar-refractivity contribution >= 4 is 11.7 Å². The molecule has 164 valence electrons. The van der Waals surface area contributed by atoms with Gasteiger partial charge in [-0.1, -0.05) is 72.8 Å². The lowest BCUT2D eigenvalue weighted by Crippen LogP contribution is -2.57. The van der Waals surface area contributed by atoms with Crippen LogP contribution in [0.4, 0.5) is 0 Å². The van der Waals surface area contributed by atoms with Crippen molar-refractivity contribution in [1.82, 2.24) is 4.90 Å². The Hall–Kier alpha value is -3.44. The fourth-order valence-electron chi connectivity index (χ4n) is 6.71. The number of piperidine rings is 1. The molecule has 5 nitrogen and oxygen atoms in total. The van der Waals surface area contributed by atoms with E-state index in [0.29, 0.717) is 12.2 Å². The van der Waals surface area contributed by atoms with Crippen LogP contribution in [0.5, 0.6) is 0 Å². The van der Waals surface area contributed by atoms with Gasteiger partial charge in [0.2, 0.25) is 5.91 Å². The summed E-state index contributed by atoms with van der Waals surface area (Å²) in [4.78, 5) is 30.4. The summed E-state index contributed by atoms with van der Waals surface area (Å²) >= 11 is 0. The molecule has 0 N–H and O–H groups in total. The van der Waals surface area contributed by atoms with E-state index in [4.69, 9.17) is 9.15 Å². The van der Waals surface area contributed by atoms with Crippen LogP contribution in [0.1, 0.15) is 41.2 Å². The van der Waals surface area contributed by atoms with Crippen LogP contribution in [0, 0.1) is 5.92 Å². The Labute approximate surface area is 191 Å². The van der Waals surface area contributed by atoms with Crippen LogP contribution in [-0.2, 0) is 14.3 Å². The van der Waals surface area contributed by atoms with E-state index in [-0.39, 0.29) is 23.7 Å². The molecule has 2 bridgehead atoms. The summed E-state index contributed by atoms with van der Waals surface area (Å²) in [5, 5.41) is 0. The summed E-state index contributed by atoms with van der Waals surface area (Å²) in [6.07, 6.45) is 6.34. The summed E-state index contributed by atoms with van der Waals surface area (Å²) in [6.45, 7) is 0. The highest BCUT2D eigenvalue weighted by molar-refractivity contribution is 5.99. The van der Waals surface area contributed by atoms with Gasteiger partial charge in [0.05, 0.1) is 36.2 Å². The van der Waals surface area contributed by atoms with Crippen molar-refractivity contribution in [3.8, 4) is 0 Å². The quantitative estimate of drug-likeness (QED) is 0.570. The molecule has 2 aromatic carbocycles. The third-order valence-electron chi connectivity index (χ3n) is 7.95. The monoisotopic (exact) mass is 437 g/mol. The second-order valence-electron chi connectivity index (χ2n) is 9.49. The molecule has 1 spiro atoms. The van der Waals surface area contributed by atoms with Crippen molar-refractivity contribution in [1.29, 1.82) is 0 Å². The first-order valence-corrected chi connectivity index (χ1v) is 11.6. The minimum absolute atomic E-state index is 0.0541. The lowest BCUT2D eigenvalue weighted by Gasteiger charge is -2.48. The van der Waals surface area contributed by atoms with Gasteiger partial charge >= 0.3 is 0 Å². The van der Waals surface area contributed by atoms with Gasteiger partial charge in [-0.05, 0) is 29.7 Å². The van der Waals surface area contributed by atoms with E-state index in [0.717, 1.165) is 11.1 Å². The maximum absolute atomic E-state index is 14.5. The van der Waals surface area contributed by atoms with Gasteiger partial charge in [0.25, 0.3) is 0 Å². The van der Waals surface area contributed by atoms with E-state index in [1.54, 1.807) is 6.26 Å². The predicted octanol–water partition coefficient (Wildman–Crippen LogP) is 4.40. The van der Waals surface area contributed by atoms with Crippen molar-refractivity contribution < 1.29 is 18.7 Å². The van der Waals surface area contributed by atoms with E-state index < -0.39 is 29.5 Å². The standard InChI is InChI=1S/C28H23NO4/c30-25-22(17-8-3-1-4-9-17)24(21-12-7-15-32-21)29-26(23(25)18-10-5-2-6-11-18)28-14-13-19(33-28)16-20(28)27(29)31/h1-15,19-20,22-24,26H,16H2/t19-,20+,22+,23+,24+,26+,28+/m1/s1. The summed E-state index contributed by atoms with van der Waals surface area (Å²) in [5.41, 5.74) is 1.04. The second-order valence-corrected chi connectivity index (χ2v) is 9.49. The lowest BCUT2D eigenvalue weighted by atomic mass is 9.67. The largest absolute Gasteiger partial charge is 0.467 e. The Morgan fingerprint density at radius 2 is 1.55 bits per heavy atom. The number of amides is 1. The van der Waals surface area contributed by atoms with E-state index in [9.17, 15) is 9.59 Å². The molecule has 1 aromatic heterocycles. The zero-order valence-electron chi connectivity index (χ0n) is 17.9. The first-order valence-electron chi connectivity index (χ1n) is 11.6. The number of Topliss-reactive ketones (excluding diaryl/α,β-unsaturated/α-hetero) is 1. The first kappa shape index (κ1) is 19.1. The number of hydrogen-bond donors (Lipinski definition) is 0. The lowest BCUT2D eigenvalue weighted by molar-refractivity contribution is -0.145. The van der Waals surface area contributed by atoms with Gasteiger partial charge < -0.3 is 14.1 Å². The van der Waals surface area contributed by atoms with Crippen LogP contribution in [0.3, 0.4) is 0 Å². The Morgan fingerprint density at radius 1 is 0.848 bits per heavy atom. The van der Waals surface area contributed by atoms with Crippen LogP contribution in [0.15, 0.2) is 95.6 Å². The SMILES string of the molecule is O=C1[C@H](c2ccccc2)[C@@H]2N(C(=O)[C@@H]3C[C@H]4C=C[C@@]23O4)[C@@H](c2ccco2)[C@@H]1c1ccccc1. The molecule has 0 unspecified atom stereocenters. The molecule has 1 amide bonds. The van der Waals surface area contributed by atoms with E-state index in [1.807, 2.05) is 77.7 Å². The topological polar surface area (TPSA) is 59.8 Å². The molecule has 3 saturated heterocycles. The minimum atomic E-state index is -0.773. The smallest absolute Gasteiger partial charge is 0.230 e. The molecule has 33 heavy (non-hydrogen) atoms. The summed E-state index contributed by atoms with van der Waals surface area (Å²) in [7, 11) is 0. The normalized spacial score (nSPS) is 36.3. The molecule has 0 saturated carbocycles. The molecule has 0 aliphatic carbocycles. The second kappa shape index (κ2) is 6.78. The molecule has 4 aliphatic rings. The number of carbonyl (C=O) groups is 2. The maximum atomic E-state index is 14.5. The van der Waals surface area contributed by atoms with E-state index in [1.165, 1.54) is 0 Å². The molecule has 7 atom stereocenters. The first-order chi connectivity index (χ1) is 16.2. The Morgan fingerprint density at radius 3 is 2.18 bits per heavy atom. The molecule has 5 heterocycles. The highest BCUT2D eigenvalue weighted by atomic mass is 16.5. The van der Waals surface area contributed by atoms with Crippen molar-refractivity contribution in [2.45, 2.75) is 42.0 Å². The predicted molar refractivity (Wildman–Crippen MR) is 120 cm³/mol. The molecule has 3 fully saturated rings. The highest BCUT2D eigenvalue weighted by Crippen LogP contribution is 2.61. The number of carbonyl (C=O) groups excluding carboxylic acids is 2. The Kier molecular flexibility index (Phi) is 3.92.